The van der Waals surface area contributed by atoms with Crippen LogP contribution in [-0.4, -0.2) is 39.8 Å². The number of carbonyl (C=O) groups is 2. The van der Waals surface area contributed by atoms with Gasteiger partial charge in [-0.05, 0) is 19.3 Å². The summed E-state index contributed by atoms with van der Waals surface area (Å²) in [5.41, 5.74) is 1.03. The van der Waals surface area contributed by atoms with E-state index in [-0.39, 0.29) is 6.54 Å². The summed E-state index contributed by atoms with van der Waals surface area (Å²) in [7, 11) is 0. The molecule has 1 aromatic heterocycles. The average molecular weight is 271 g/mol. The van der Waals surface area contributed by atoms with Crippen LogP contribution >= 0.6 is 11.3 Å². The molecule has 0 radical (unpaired) electrons. The Morgan fingerprint density at radius 3 is 2.89 bits per heavy atom. The molecule has 7 nitrogen and oxygen atoms in total. The van der Waals surface area contributed by atoms with E-state index in [1.165, 1.54) is 16.2 Å². The summed E-state index contributed by atoms with van der Waals surface area (Å²) in [6, 6.07) is -0.567. The van der Waals surface area contributed by atoms with Gasteiger partial charge in [0.2, 0.25) is 0 Å². The number of hydrogen-bond donors (Lipinski definition) is 4. The third-order valence-electron chi connectivity index (χ3n) is 2.56. The quantitative estimate of drug-likeness (QED) is 0.625. The summed E-state index contributed by atoms with van der Waals surface area (Å²) in [5.74, 6) is -1.37. The van der Waals surface area contributed by atoms with E-state index in [4.69, 9.17) is 10.2 Å². The Kier molecular flexibility index (Phi) is 3.78. The fourth-order valence-electron chi connectivity index (χ4n) is 1.66. The second-order valence-corrected chi connectivity index (χ2v) is 5.02. The molecule has 4 N–H and O–H groups in total. The van der Waals surface area contributed by atoms with Gasteiger partial charge in [0.1, 0.15) is 0 Å². The number of fused-ring (bicyclic) bond motifs is 1. The Morgan fingerprint density at radius 1 is 1.44 bits per heavy atom. The maximum absolute atomic E-state index is 11.4. The second-order valence-electron chi connectivity index (χ2n) is 3.93. The van der Waals surface area contributed by atoms with Crippen LogP contribution in [0.15, 0.2) is 0 Å². The van der Waals surface area contributed by atoms with Crippen molar-refractivity contribution in [1.29, 1.82) is 0 Å². The highest BCUT2D eigenvalue weighted by molar-refractivity contribution is 7.15. The number of hydrogen-bond acceptors (Lipinski definition) is 5. The molecule has 1 aliphatic carbocycles. The van der Waals surface area contributed by atoms with Crippen LogP contribution in [0.25, 0.3) is 0 Å². The van der Waals surface area contributed by atoms with Gasteiger partial charge >= 0.3 is 12.0 Å². The first kappa shape index (κ1) is 12.8. The number of anilines is 1. The fraction of sp³-hybridized carbons (Fsp3) is 0.500. The molecule has 0 saturated heterocycles. The highest BCUT2D eigenvalue weighted by Crippen LogP contribution is 2.30. The van der Waals surface area contributed by atoms with Gasteiger partial charge in [0, 0.05) is 4.88 Å². The highest BCUT2D eigenvalue weighted by Gasteiger charge is 2.18. The van der Waals surface area contributed by atoms with Crippen molar-refractivity contribution in [2.24, 2.45) is 0 Å². The molecule has 0 spiro atoms. The van der Waals surface area contributed by atoms with Crippen molar-refractivity contribution < 1.29 is 19.8 Å². The maximum atomic E-state index is 11.4. The van der Waals surface area contributed by atoms with Crippen LogP contribution in [0.3, 0.4) is 0 Å². The van der Waals surface area contributed by atoms with Crippen molar-refractivity contribution in [2.45, 2.75) is 25.4 Å². The molecule has 0 aromatic carbocycles. The van der Waals surface area contributed by atoms with Gasteiger partial charge < -0.3 is 15.5 Å². The molecular formula is C10H13N3O4S. The Bertz CT molecular complexity index is 452. The fourth-order valence-corrected chi connectivity index (χ4v) is 2.71. The van der Waals surface area contributed by atoms with E-state index in [2.05, 4.69) is 15.6 Å². The normalized spacial score (nSPS) is 14.9. The zero-order valence-corrected chi connectivity index (χ0v) is 10.3. The number of aliphatic hydroxyl groups is 1. The minimum absolute atomic E-state index is 0.341. The third-order valence-corrected chi connectivity index (χ3v) is 3.63. The SMILES string of the molecule is O=C(NC[C@H](O)C(=O)O)Nc1nc2c(s1)CCC2. The lowest BCUT2D eigenvalue weighted by Crippen LogP contribution is -2.38. The molecule has 18 heavy (non-hydrogen) atoms. The number of carboxylic acid groups (broad SMARTS) is 1. The minimum atomic E-state index is -1.60. The van der Waals surface area contributed by atoms with Gasteiger partial charge in [-0.15, -0.1) is 11.3 Å². The second kappa shape index (κ2) is 5.32. The number of carbonyl (C=O) groups excluding carboxylic acids is 1. The van der Waals surface area contributed by atoms with E-state index in [0.29, 0.717) is 5.13 Å². The van der Waals surface area contributed by atoms with Gasteiger partial charge in [0.15, 0.2) is 11.2 Å². The van der Waals surface area contributed by atoms with Crippen LogP contribution in [-0.2, 0) is 17.6 Å². The van der Waals surface area contributed by atoms with Gasteiger partial charge in [0.05, 0.1) is 12.2 Å². The largest absolute Gasteiger partial charge is 0.479 e. The first-order valence-corrected chi connectivity index (χ1v) is 6.32. The molecule has 1 aromatic rings. The smallest absolute Gasteiger partial charge is 0.334 e. The van der Waals surface area contributed by atoms with Crippen molar-refractivity contribution in [2.75, 3.05) is 11.9 Å². The van der Waals surface area contributed by atoms with Gasteiger partial charge in [-0.25, -0.2) is 14.6 Å². The summed E-state index contributed by atoms with van der Waals surface area (Å²) < 4.78 is 0. The summed E-state index contributed by atoms with van der Waals surface area (Å²) in [6.45, 7) is -0.341. The van der Waals surface area contributed by atoms with Crippen LogP contribution in [0.4, 0.5) is 9.93 Å². The van der Waals surface area contributed by atoms with Crippen molar-refractivity contribution in [3.63, 3.8) is 0 Å². The number of aliphatic hydroxyl groups excluding tert-OH is 1. The summed E-state index contributed by atoms with van der Waals surface area (Å²) in [6.07, 6.45) is 1.43. The number of aryl methyl sites for hydroxylation is 2. The number of aromatic nitrogens is 1. The molecule has 0 bridgehead atoms. The van der Waals surface area contributed by atoms with Gasteiger partial charge in [-0.2, -0.15) is 0 Å². The predicted octanol–water partition coefficient (Wildman–Crippen LogP) is 0.199. The minimum Gasteiger partial charge on any atom is -0.479 e. The van der Waals surface area contributed by atoms with E-state index < -0.39 is 18.1 Å². The standard InChI is InChI=1S/C10H13N3O4S/c14-6(8(15)16)4-11-9(17)13-10-12-5-2-1-3-7(5)18-10/h6,14H,1-4H2,(H,15,16)(H2,11,12,13,17)/t6-/m0/s1. The number of thiazole rings is 1. The molecule has 2 amide bonds. The van der Waals surface area contributed by atoms with Gasteiger partial charge in [-0.1, -0.05) is 0 Å². The van der Waals surface area contributed by atoms with E-state index in [0.717, 1.165) is 25.0 Å². The third kappa shape index (κ3) is 2.96. The average Bonchev–Trinajstić information content (AvgIpc) is 2.85. The Hall–Kier alpha value is -1.67. The van der Waals surface area contributed by atoms with Gasteiger partial charge in [-0.3, -0.25) is 5.32 Å². The summed E-state index contributed by atoms with van der Waals surface area (Å²) in [5, 5.41) is 22.7. The van der Waals surface area contributed by atoms with Crippen LogP contribution in [0.5, 0.6) is 0 Å². The number of nitrogens with zero attached hydrogens (tertiary/aromatic N) is 1. The zero-order chi connectivity index (χ0) is 13.1. The molecule has 1 aliphatic rings. The van der Waals surface area contributed by atoms with Crippen LogP contribution in [0.1, 0.15) is 17.0 Å². The monoisotopic (exact) mass is 271 g/mol. The van der Waals surface area contributed by atoms with E-state index in [1.807, 2.05) is 0 Å². The van der Waals surface area contributed by atoms with Crippen molar-refractivity contribution in [3.8, 4) is 0 Å². The Balaban J connectivity index is 1.82. The maximum Gasteiger partial charge on any atom is 0.334 e. The topological polar surface area (TPSA) is 112 Å². The Labute approximate surface area is 107 Å². The number of amides is 2. The lowest BCUT2D eigenvalue weighted by atomic mass is 10.4. The zero-order valence-electron chi connectivity index (χ0n) is 9.47. The van der Waals surface area contributed by atoms with Gasteiger partial charge in [0.25, 0.3) is 0 Å². The molecule has 98 valence electrons. The van der Waals surface area contributed by atoms with E-state index >= 15 is 0 Å². The molecule has 8 heteroatoms. The number of aliphatic carboxylic acids is 1. The summed E-state index contributed by atoms with van der Waals surface area (Å²) >= 11 is 1.43. The molecule has 1 atom stereocenters. The predicted molar refractivity (Wildman–Crippen MR) is 64.8 cm³/mol. The lowest BCUT2D eigenvalue weighted by Gasteiger charge is -2.07. The van der Waals surface area contributed by atoms with Crippen molar-refractivity contribution >= 4 is 28.5 Å². The molecule has 0 aliphatic heterocycles. The lowest BCUT2D eigenvalue weighted by molar-refractivity contribution is -0.146. The van der Waals surface area contributed by atoms with Crippen molar-refractivity contribution in [1.82, 2.24) is 10.3 Å². The first-order chi connectivity index (χ1) is 8.56. The Morgan fingerprint density at radius 2 is 2.22 bits per heavy atom. The van der Waals surface area contributed by atoms with Crippen LogP contribution in [0.2, 0.25) is 0 Å². The number of carboxylic acids is 1. The van der Waals surface area contributed by atoms with Crippen LogP contribution < -0.4 is 10.6 Å². The molecule has 0 saturated carbocycles. The molecule has 1 heterocycles. The summed E-state index contributed by atoms with van der Waals surface area (Å²) in [4.78, 5) is 27.2. The highest BCUT2D eigenvalue weighted by atomic mass is 32.1. The first-order valence-electron chi connectivity index (χ1n) is 5.50. The molecule has 2 rings (SSSR count). The number of rotatable bonds is 4. The van der Waals surface area contributed by atoms with Crippen molar-refractivity contribution in [3.05, 3.63) is 10.6 Å². The molecule has 0 unspecified atom stereocenters. The number of urea groups is 1. The van der Waals surface area contributed by atoms with E-state index in [1.54, 1.807) is 0 Å². The number of nitrogens with one attached hydrogen (secondary N) is 2. The van der Waals surface area contributed by atoms with Crippen LogP contribution in [0, 0.1) is 0 Å². The molecule has 0 fully saturated rings. The van der Waals surface area contributed by atoms with E-state index in [9.17, 15) is 9.59 Å². The molecular weight excluding hydrogens is 258 g/mol.